The third-order valence-electron chi connectivity index (χ3n) is 5.13. The maximum absolute atomic E-state index is 11.8. The van der Waals surface area contributed by atoms with Crippen LogP contribution < -0.4 is 22.3 Å². The Morgan fingerprint density at radius 1 is 1.11 bits per heavy atom. The molecule has 0 aliphatic rings. The van der Waals surface area contributed by atoms with Crippen molar-refractivity contribution in [2.24, 2.45) is 26.9 Å². The summed E-state index contributed by atoms with van der Waals surface area (Å²) < 4.78 is 8.68. The van der Waals surface area contributed by atoms with E-state index in [1.807, 2.05) is 18.2 Å². The van der Waals surface area contributed by atoms with E-state index in [1.165, 1.54) is 25.1 Å². The minimum absolute atomic E-state index is 0.235. The highest BCUT2D eigenvalue weighted by atomic mass is 16.5. The molecule has 35 heavy (non-hydrogen) atoms. The molecule has 13 nitrogen and oxygen atoms in total. The fraction of sp³-hybridized carbons (Fsp3) is 0.364. The van der Waals surface area contributed by atoms with Crippen molar-refractivity contribution in [3.63, 3.8) is 0 Å². The van der Waals surface area contributed by atoms with Crippen molar-refractivity contribution in [1.29, 1.82) is 0 Å². The predicted molar refractivity (Wildman–Crippen MR) is 126 cm³/mol. The summed E-state index contributed by atoms with van der Waals surface area (Å²) in [5.41, 5.74) is 6.47. The van der Waals surface area contributed by atoms with Gasteiger partial charge in [-0.2, -0.15) is 0 Å². The van der Waals surface area contributed by atoms with Crippen LogP contribution in [0, 0.1) is 0 Å². The molecule has 0 fully saturated rings. The summed E-state index contributed by atoms with van der Waals surface area (Å²) >= 11 is 0. The van der Waals surface area contributed by atoms with E-state index >= 15 is 0 Å². The van der Waals surface area contributed by atoms with Gasteiger partial charge in [-0.25, -0.2) is 14.6 Å². The molecule has 0 unspecified atom stereocenters. The van der Waals surface area contributed by atoms with Gasteiger partial charge in [-0.15, -0.1) is 0 Å². The van der Waals surface area contributed by atoms with Crippen molar-refractivity contribution in [2.45, 2.75) is 24.9 Å². The van der Waals surface area contributed by atoms with Crippen LogP contribution in [-0.2, 0) is 46.7 Å². The highest BCUT2D eigenvalue weighted by Crippen LogP contribution is 2.05. The molecular weight excluding hydrogens is 460 g/mol. The summed E-state index contributed by atoms with van der Waals surface area (Å²) in [7, 11) is 5.99. The summed E-state index contributed by atoms with van der Waals surface area (Å²) in [5, 5.41) is 11.0. The fourth-order valence-corrected chi connectivity index (χ4v) is 3.22. The average molecular weight is 489 g/mol. The van der Waals surface area contributed by atoms with E-state index < -0.39 is 36.4 Å². The van der Waals surface area contributed by atoms with E-state index in [0.29, 0.717) is 11.2 Å². The lowest BCUT2D eigenvalue weighted by atomic mass is 10.1. The summed E-state index contributed by atoms with van der Waals surface area (Å²) in [6.45, 7) is 0. The third-order valence-corrected chi connectivity index (χ3v) is 5.13. The zero-order chi connectivity index (χ0) is 26.3. The van der Waals surface area contributed by atoms with Crippen LogP contribution >= 0.6 is 0 Å². The second kappa shape index (κ2) is 11.7. The molecule has 0 radical (unpaired) electrons. The first-order chi connectivity index (χ1) is 16.5. The number of aryl methyl sites for hydroxylation is 2. The van der Waals surface area contributed by atoms with Crippen LogP contribution in [0.1, 0.15) is 12.0 Å². The number of fused-ring (bicyclic) bond motifs is 1. The van der Waals surface area contributed by atoms with Crippen molar-refractivity contribution in [2.75, 3.05) is 7.11 Å². The first-order valence-corrected chi connectivity index (χ1v) is 10.4. The summed E-state index contributed by atoms with van der Waals surface area (Å²) in [5.74, 6) is -2.51. The molecule has 13 heteroatoms. The number of ether oxygens (including phenoxy) is 1. The van der Waals surface area contributed by atoms with E-state index in [-0.39, 0.29) is 17.7 Å². The Kier molecular flexibility index (Phi) is 9.05. The molecule has 0 aliphatic carbocycles. The van der Waals surface area contributed by atoms with Crippen molar-refractivity contribution in [3.8, 4) is 0 Å². The van der Waals surface area contributed by atoms with Gasteiger partial charge >= 0.3 is 17.6 Å². The highest BCUT2D eigenvalue weighted by Gasteiger charge is 2.25. The van der Waals surface area contributed by atoms with Crippen LogP contribution in [-0.4, -0.2) is 60.8 Å². The van der Waals surface area contributed by atoms with Crippen molar-refractivity contribution >= 4 is 29.0 Å². The van der Waals surface area contributed by atoms with Crippen molar-refractivity contribution in [1.82, 2.24) is 24.0 Å². The molecular formula is C22H28N6O7. The molecule has 0 saturated carbocycles. The summed E-state index contributed by atoms with van der Waals surface area (Å²) in [4.78, 5) is 61.2. The second-order valence-corrected chi connectivity index (χ2v) is 7.71. The van der Waals surface area contributed by atoms with Crippen LogP contribution in [0.4, 0.5) is 0 Å². The molecule has 3 rings (SSSR count). The fourth-order valence-electron chi connectivity index (χ4n) is 3.22. The lowest BCUT2D eigenvalue weighted by Crippen LogP contribution is -2.50. The average Bonchev–Trinajstić information content (AvgIpc) is 3.22. The largest absolute Gasteiger partial charge is 0.481 e. The van der Waals surface area contributed by atoms with Crippen molar-refractivity contribution in [3.05, 3.63) is 63.1 Å². The number of esters is 1. The number of carbonyl (C=O) groups excluding carboxylic acids is 2. The molecule has 0 aliphatic heterocycles. The molecule has 0 spiro atoms. The minimum Gasteiger partial charge on any atom is -0.481 e. The zero-order valence-electron chi connectivity index (χ0n) is 19.8. The summed E-state index contributed by atoms with van der Waals surface area (Å²) in [6.07, 6.45) is 1.25. The van der Waals surface area contributed by atoms with E-state index in [9.17, 15) is 24.0 Å². The van der Waals surface area contributed by atoms with Gasteiger partial charge in [0.1, 0.15) is 6.04 Å². The number of nitrogens with zero attached hydrogens (tertiary/aromatic N) is 4. The number of methoxy groups -OCH3 is 1. The van der Waals surface area contributed by atoms with E-state index in [0.717, 1.165) is 10.1 Å². The maximum atomic E-state index is 11.8. The molecule has 1 aromatic carbocycles. The first-order valence-electron chi connectivity index (χ1n) is 10.4. The zero-order valence-corrected chi connectivity index (χ0v) is 19.8. The molecule has 188 valence electrons. The SMILES string of the molecule is COC(=O)[C@H](Cc1ccccc1)NC(=O)[C@@H](N)CC(=O)O.Cn1c(=O)c2c(ncn2C)n(C)c1=O. The lowest BCUT2D eigenvalue weighted by Gasteiger charge is -2.18. The van der Waals surface area contributed by atoms with Crippen LogP contribution in [0.15, 0.2) is 46.2 Å². The number of amides is 1. The number of rotatable bonds is 7. The van der Waals surface area contributed by atoms with E-state index in [4.69, 9.17) is 10.8 Å². The number of nitrogens with one attached hydrogen (secondary N) is 1. The van der Waals surface area contributed by atoms with Gasteiger partial charge < -0.3 is 25.5 Å². The Balaban J connectivity index is 0.000000266. The quantitative estimate of drug-likeness (QED) is 0.339. The Bertz CT molecular complexity index is 1330. The van der Waals surface area contributed by atoms with E-state index in [2.05, 4.69) is 15.0 Å². The molecule has 1 amide bonds. The normalized spacial score (nSPS) is 12.3. The molecule has 0 bridgehead atoms. The first kappa shape index (κ1) is 27.0. The van der Waals surface area contributed by atoms with Crippen LogP contribution in [0.25, 0.3) is 11.2 Å². The topological polar surface area (TPSA) is 181 Å². The van der Waals surface area contributed by atoms with Crippen LogP contribution in [0.3, 0.4) is 0 Å². The molecule has 3 aromatic rings. The number of carboxylic acid groups (broad SMARTS) is 1. The second-order valence-electron chi connectivity index (χ2n) is 7.71. The van der Waals surface area contributed by atoms with Gasteiger partial charge in [0.05, 0.1) is 25.9 Å². The number of aromatic nitrogens is 4. The monoisotopic (exact) mass is 488 g/mol. The van der Waals surface area contributed by atoms with Gasteiger partial charge in [-0.05, 0) is 5.56 Å². The number of hydrogen-bond donors (Lipinski definition) is 3. The van der Waals surface area contributed by atoms with Crippen LogP contribution in [0.2, 0.25) is 0 Å². The van der Waals surface area contributed by atoms with Gasteiger partial charge in [0.2, 0.25) is 5.91 Å². The van der Waals surface area contributed by atoms with Gasteiger partial charge in [-0.1, -0.05) is 30.3 Å². The standard InChI is InChI=1S/C14H18N2O5.C8H10N4O2/c1-21-14(20)11(7-9-5-3-2-4-6-9)16-13(19)10(15)8-12(17)18;1-10-4-9-6-5(10)7(13)12(3)8(14)11(6)2/h2-6,10-11H,7-8,15H2,1H3,(H,16,19)(H,17,18);4H,1-3H3/t10-,11-;/m0./s1. The van der Waals surface area contributed by atoms with Crippen LogP contribution in [0.5, 0.6) is 0 Å². The Labute approximate surface area is 199 Å². The molecule has 2 atom stereocenters. The van der Waals surface area contributed by atoms with Gasteiger partial charge in [0.15, 0.2) is 11.2 Å². The lowest BCUT2D eigenvalue weighted by molar-refractivity contribution is -0.145. The van der Waals surface area contributed by atoms with Gasteiger partial charge in [0, 0.05) is 27.6 Å². The number of benzene rings is 1. The number of carboxylic acids is 1. The Morgan fingerprint density at radius 3 is 2.31 bits per heavy atom. The van der Waals surface area contributed by atoms with Crippen molar-refractivity contribution < 1.29 is 24.2 Å². The van der Waals surface area contributed by atoms with Gasteiger partial charge in [0.25, 0.3) is 5.56 Å². The third kappa shape index (κ3) is 6.63. The Morgan fingerprint density at radius 2 is 1.74 bits per heavy atom. The minimum atomic E-state index is -1.22. The Hall–Kier alpha value is -4.26. The molecule has 2 aromatic heterocycles. The molecule has 4 N–H and O–H groups in total. The molecule has 2 heterocycles. The highest BCUT2D eigenvalue weighted by molar-refractivity contribution is 5.89. The maximum Gasteiger partial charge on any atom is 0.332 e. The molecule has 0 saturated heterocycles. The predicted octanol–water partition coefficient (Wildman–Crippen LogP) is -1.34. The summed E-state index contributed by atoms with van der Waals surface area (Å²) in [6, 6.07) is 6.93. The number of hydrogen-bond acceptors (Lipinski definition) is 8. The smallest absolute Gasteiger partial charge is 0.332 e. The number of imidazole rings is 1. The van der Waals surface area contributed by atoms with E-state index in [1.54, 1.807) is 30.8 Å². The number of nitrogens with two attached hydrogens (primary N) is 1. The number of carbonyl (C=O) groups is 3. The van der Waals surface area contributed by atoms with Gasteiger partial charge in [-0.3, -0.25) is 23.5 Å². The number of aliphatic carboxylic acids is 1.